The molecule has 0 atom stereocenters. The lowest BCUT2D eigenvalue weighted by Crippen LogP contribution is -1.88. The van der Waals surface area contributed by atoms with E-state index in [0.717, 1.165) is 0 Å². The van der Waals surface area contributed by atoms with Crippen LogP contribution in [0, 0.1) is 23.2 Å². The van der Waals surface area contributed by atoms with Crippen LogP contribution in [0.25, 0.3) is 10.8 Å². The van der Waals surface area contributed by atoms with Gasteiger partial charge in [-0.15, -0.1) is 0 Å². The Balaban J connectivity index is 2.83. The SMILES string of the molecule is COc1ccc(F)c2[c]c(C#N)ccc12. The normalized spacial score (nSPS) is 9.93. The number of nitrogens with zero attached hydrogens (tertiary/aromatic N) is 1. The van der Waals surface area contributed by atoms with E-state index in [-0.39, 0.29) is 5.39 Å². The van der Waals surface area contributed by atoms with Gasteiger partial charge in [0.05, 0.1) is 18.7 Å². The number of ether oxygens (including phenoxy) is 1. The van der Waals surface area contributed by atoms with Crippen LogP contribution < -0.4 is 4.74 Å². The molecule has 0 N–H and O–H groups in total. The first-order valence-electron chi connectivity index (χ1n) is 4.35. The third-order valence-corrected chi connectivity index (χ3v) is 2.17. The molecule has 1 radical (unpaired) electrons. The molecule has 0 heterocycles. The molecule has 0 aliphatic carbocycles. The molecule has 0 saturated heterocycles. The van der Waals surface area contributed by atoms with E-state index >= 15 is 0 Å². The van der Waals surface area contributed by atoms with Crippen LogP contribution in [0.15, 0.2) is 24.3 Å². The molecular formula is C12H7FNO. The Hall–Kier alpha value is -2.08. The van der Waals surface area contributed by atoms with Gasteiger partial charge < -0.3 is 4.74 Å². The predicted octanol–water partition coefficient (Wildman–Crippen LogP) is 2.66. The quantitative estimate of drug-likeness (QED) is 0.709. The highest BCUT2D eigenvalue weighted by Crippen LogP contribution is 2.27. The first-order chi connectivity index (χ1) is 7.26. The van der Waals surface area contributed by atoms with E-state index in [1.807, 2.05) is 6.07 Å². The Bertz CT molecular complexity index is 557. The summed E-state index contributed by atoms with van der Waals surface area (Å²) in [5.41, 5.74) is 0.314. The molecule has 0 spiro atoms. The molecular weight excluding hydrogens is 193 g/mol. The number of rotatable bonds is 1. The maximum Gasteiger partial charge on any atom is 0.131 e. The highest BCUT2D eigenvalue weighted by Gasteiger charge is 2.07. The molecule has 2 rings (SSSR count). The zero-order valence-electron chi connectivity index (χ0n) is 8.04. The lowest BCUT2D eigenvalue weighted by Gasteiger charge is -2.05. The monoisotopic (exact) mass is 200 g/mol. The summed E-state index contributed by atoms with van der Waals surface area (Å²) in [6.45, 7) is 0. The van der Waals surface area contributed by atoms with E-state index in [0.29, 0.717) is 16.7 Å². The topological polar surface area (TPSA) is 33.0 Å². The molecule has 2 aromatic carbocycles. The number of halogens is 1. The van der Waals surface area contributed by atoms with E-state index in [1.165, 1.54) is 13.2 Å². The molecule has 0 aliphatic heterocycles. The van der Waals surface area contributed by atoms with Crippen molar-refractivity contribution in [1.29, 1.82) is 5.26 Å². The predicted molar refractivity (Wildman–Crippen MR) is 54.0 cm³/mol. The van der Waals surface area contributed by atoms with Gasteiger partial charge >= 0.3 is 0 Å². The van der Waals surface area contributed by atoms with Gasteiger partial charge in [-0.1, -0.05) is 0 Å². The maximum atomic E-state index is 13.4. The fourth-order valence-corrected chi connectivity index (χ4v) is 1.45. The van der Waals surface area contributed by atoms with Crippen molar-refractivity contribution < 1.29 is 9.13 Å². The van der Waals surface area contributed by atoms with Gasteiger partial charge in [-0.25, -0.2) is 4.39 Å². The van der Waals surface area contributed by atoms with E-state index in [1.54, 1.807) is 18.2 Å². The molecule has 2 nitrogen and oxygen atoms in total. The minimum absolute atomic E-state index is 0.286. The van der Waals surface area contributed by atoms with Crippen LogP contribution in [0.4, 0.5) is 4.39 Å². The van der Waals surface area contributed by atoms with Gasteiger partial charge in [0.1, 0.15) is 11.6 Å². The standard InChI is InChI=1S/C12H7FNO/c1-15-12-5-4-11(13)10-6-8(7-14)2-3-9(10)12/h2-5H,1H3. The van der Waals surface area contributed by atoms with Gasteiger partial charge in [0.25, 0.3) is 0 Å². The number of methoxy groups -OCH3 is 1. The summed E-state index contributed by atoms with van der Waals surface area (Å²) < 4.78 is 18.5. The Morgan fingerprint density at radius 1 is 1.33 bits per heavy atom. The van der Waals surface area contributed by atoms with Gasteiger partial charge in [0.2, 0.25) is 0 Å². The molecule has 73 valence electrons. The fraction of sp³-hybridized carbons (Fsp3) is 0.0833. The number of hydrogen-bond donors (Lipinski definition) is 0. The Kier molecular flexibility index (Phi) is 2.26. The molecule has 2 aromatic rings. The average Bonchev–Trinajstić information content (AvgIpc) is 2.29. The summed E-state index contributed by atoms with van der Waals surface area (Å²) in [5, 5.41) is 9.59. The Labute approximate surface area is 86.5 Å². The van der Waals surface area contributed by atoms with E-state index in [2.05, 4.69) is 6.07 Å². The minimum atomic E-state index is -0.400. The van der Waals surface area contributed by atoms with Crippen molar-refractivity contribution in [3.63, 3.8) is 0 Å². The Morgan fingerprint density at radius 2 is 2.13 bits per heavy atom. The highest BCUT2D eigenvalue weighted by molar-refractivity contribution is 5.89. The van der Waals surface area contributed by atoms with Crippen LogP contribution in [-0.4, -0.2) is 7.11 Å². The third kappa shape index (κ3) is 1.50. The second-order valence-electron chi connectivity index (χ2n) is 3.02. The fourth-order valence-electron chi connectivity index (χ4n) is 1.45. The lowest BCUT2D eigenvalue weighted by atomic mass is 10.1. The molecule has 0 fully saturated rings. The average molecular weight is 200 g/mol. The van der Waals surface area contributed by atoms with Crippen LogP contribution in [0.3, 0.4) is 0 Å². The van der Waals surface area contributed by atoms with Crippen LogP contribution in [0.2, 0.25) is 0 Å². The lowest BCUT2D eigenvalue weighted by molar-refractivity contribution is 0.419. The molecule has 3 heteroatoms. The second kappa shape index (κ2) is 3.58. The van der Waals surface area contributed by atoms with E-state index < -0.39 is 5.82 Å². The molecule has 0 amide bonds. The molecule has 0 aliphatic rings. The summed E-state index contributed by atoms with van der Waals surface area (Å²) in [6.07, 6.45) is 0. The number of hydrogen-bond acceptors (Lipinski definition) is 2. The van der Waals surface area contributed by atoms with Crippen molar-refractivity contribution in [2.24, 2.45) is 0 Å². The van der Waals surface area contributed by atoms with E-state index in [9.17, 15) is 4.39 Å². The van der Waals surface area contributed by atoms with Crippen molar-refractivity contribution in [2.45, 2.75) is 0 Å². The summed E-state index contributed by atoms with van der Waals surface area (Å²) in [5.74, 6) is 0.176. The molecule has 0 aromatic heterocycles. The molecule has 0 bridgehead atoms. The van der Waals surface area contributed by atoms with Crippen molar-refractivity contribution >= 4 is 10.8 Å². The summed E-state index contributed by atoms with van der Waals surface area (Å²) in [7, 11) is 1.52. The Morgan fingerprint density at radius 3 is 2.80 bits per heavy atom. The highest BCUT2D eigenvalue weighted by atomic mass is 19.1. The van der Waals surface area contributed by atoms with Gasteiger partial charge in [-0.05, 0) is 24.3 Å². The van der Waals surface area contributed by atoms with Crippen molar-refractivity contribution in [3.05, 3.63) is 41.7 Å². The largest absolute Gasteiger partial charge is 0.496 e. The molecule has 0 saturated carbocycles. The van der Waals surface area contributed by atoms with Gasteiger partial charge in [0, 0.05) is 16.8 Å². The number of nitriles is 1. The number of fused-ring (bicyclic) bond motifs is 1. The maximum absolute atomic E-state index is 13.4. The zero-order chi connectivity index (χ0) is 10.8. The second-order valence-corrected chi connectivity index (χ2v) is 3.02. The van der Waals surface area contributed by atoms with Crippen LogP contribution in [-0.2, 0) is 0 Å². The van der Waals surface area contributed by atoms with Crippen LogP contribution in [0.5, 0.6) is 5.75 Å². The van der Waals surface area contributed by atoms with Crippen molar-refractivity contribution in [1.82, 2.24) is 0 Å². The minimum Gasteiger partial charge on any atom is -0.496 e. The first kappa shape index (κ1) is 9.47. The first-order valence-corrected chi connectivity index (χ1v) is 4.35. The third-order valence-electron chi connectivity index (χ3n) is 2.17. The van der Waals surface area contributed by atoms with Gasteiger partial charge in [-0.2, -0.15) is 5.26 Å². The molecule has 0 unspecified atom stereocenters. The number of benzene rings is 2. The van der Waals surface area contributed by atoms with Gasteiger partial charge in [-0.3, -0.25) is 0 Å². The van der Waals surface area contributed by atoms with Crippen molar-refractivity contribution in [3.8, 4) is 11.8 Å². The van der Waals surface area contributed by atoms with Crippen molar-refractivity contribution in [2.75, 3.05) is 7.11 Å². The van der Waals surface area contributed by atoms with Gasteiger partial charge in [0.15, 0.2) is 0 Å². The van der Waals surface area contributed by atoms with Crippen LogP contribution in [0.1, 0.15) is 5.56 Å². The summed E-state index contributed by atoms with van der Waals surface area (Å²) in [6, 6.07) is 10.7. The van der Waals surface area contributed by atoms with Crippen LogP contribution >= 0.6 is 0 Å². The smallest absolute Gasteiger partial charge is 0.131 e. The summed E-state index contributed by atoms with van der Waals surface area (Å²) in [4.78, 5) is 0. The zero-order valence-corrected chi connectivity index (χ0v) is 8.04. The molecule has 15 heavy (non-hydrogen) atoms. The summed E-state index contributed by atoms with van der Waals surface area (Å²) >= 11 is 0. The van der Waals surface area contributed by atoms with E-state index in [4.69, 9.17) is 10.00 Å².